The van der Waals surface area contributed by atoms with Crippen molar-refractivity contribution in [3.8, 4) is 11.5 Å². The molecule has 1 amide bonds. The lowest BCUT2D eigenvalue weighted by Crippen LogP contribution is -2.40. The largest absolute Gasteiger partial charge is 0.486 e. The number of aromatic nitrogens is 1. The van der Waals surface area contributed by atoms with Gasteiger partial charge in [0.05, 0.1) is 21.0 Å². The monoisotopic (exact) mass is 426 g/mol. The number of rotatable bonds is 4. The summed E-state index contributed by atoms with van der Waals surface area (Å²) < 4.78 is 12.4. The Morgan fingerprint density at radius 2 is 2.03 bits per heavy atom. The van der Waals surface area contributed by atoms with Crippen LogP contribution in [0.3, 0.4) is 0 Å². The lowest BCUT2D eigenvalue weighted by molar-refractivity contribution is -0.129. The van der Waals surface area contributed by atoms with Crippen LogP contribution in [0.25, 0.3) is 10.2 Å². The summed E-state index contributed by atoms with van der Waals surface area (Å²) in [7, 11) is 0. The van der Waals surface area contributed by atoms with E-state index in [1.807, 2.05) is 29.2 Å². The van der Waals surface area contributed by atoms with Crippen LogP contribution in [0.4, 0.5) is 0 Å². The molecule has 0 saturated carbocycles. The van der Waals surface area contributed by atoms with E-state index in [0.717, 1.165) is 52.8 Å². The number of hydrogen-bond donors (Lipinski definition) is 0. The van der Waals surface area contributed by atoms with Crippen molar-refractivity contribution in [3.63, 3.8) is 0 Å². The van der Waals surface area contributed by atoms with Crippen molar-refractivity contribution >= 4 is 39.2 Å². The molecule has 3 heterocycles. The van der Waals surface area contributed by atoms with Crippen LogP contribution in [0.15, 0.2) is 47.4 Å². The van der Waals surface area contributed by atoms with Crippen molar-refractivity contribution < 1.29 is 14.3 Å². The highest BCUT2D eigenvalue weighted by Crippen LogP contribution is 2.35. The summed E-state index contributed by atoms with van der Waals surface area (Å²) in [6, 6.07) is 14.1. The molecule has 5 nitrogen and oxygen atoms in total. The molecule has 2 aliphatic rings. The summed E-state index contributed by atoms with van der Waals surface area (Å²) in [5.41, 5.74) is 1.06. The number of fused-ring (bicyclic) bond motifs is 2. The first-order chi connectivity index (χ1) is 14.3. The van der Waals surface area contributed by atoms with E-state index in [1.165, 1.54) is 4.70 Å². The molecule has 2 aliphatic heterocycles. The summed E-state index contributed by atoms with van der Waals surface area (Å²) >= 11 is 3.32. The van der Waals surface area contributed by atoms with Crippen molar-refractivity contribution in [2.24, 2.45) is 0 Å². The van der Waals surface area contributed by atoms with Gasteiger partial charge >= 0.3 is 0 Å². The number of para-hydroxylation sites is 1. The quantitative estimate of drug-likeness (QED) is 0.572. The first-order valence-electron chi connectivity index (χ1n) is 9.92. The molecule has 1 aromatic heterocycles. The van der Waals surface area contributed by atoms with Gasteiger partial charge < -0.3 is 14.4 Å². The van der Waals surface area contributed by atoms with Crippen molar-refractivity contribution in [2.45, 2.75) is 23.7 Å². The molecule has 0 aliphatic carbocycles. The molecule has 29 heavy (non-hydrogen) atoms. The summed E-state index contributed by atoms with van der Waals surface area (Å²) in [6.45, 7) is 2.76. The van der Waals surface area contributed by atoms with Crippen molar-refractivity contribution in [1.29, 1.82) is 0 Å². The fourth-order valence-electron chi connectivity index (χ4n) is 3.82. The first kappa shape index (κ1) is 18.8. The number of carbonyl (C=O) groups is 1. The number of piperidine rings is 1. The molecule has 0 radical (unpaired) electrons. The third kappa shape index (κ3) is 4.07. The van der Waals surface area contributed by atoms with E-state index < -0.39 is 0 Å². The van der Waals surface area contributed by atoms with Crippen molar-refractivity contribution in [1.82, 2.24) is 9.88 Å². The standard InChI is InChI=1S/C22H22N2O3S2/c25-21(14-28-16-7-8-18-19(12-16)27-11-10-26-18)24-9-3-4-15(13-24)22-23-17-5-1-2-6-20(17)29-22/h1-2,5-8,12,15H,3-4,9-11,13-14H2/t15-/m1/s1. The summed E-state index contributed by atoms with van der Waals surface area (Å²) in [5.74, 6) is 2.51. The SMILES string of the molecule is O=C(CSc1ccc2c(c1)OCCO2)N1CCC[C@@H](c2nc3ccccc3s2)C1. The molecule has 7 heteroatoms. The van der Waals surface area contributed by atoms with Gasteiger partial charge in [-0.2, -0.15) is 0 Å². The summed E-state index contributed by atoms with van der Waals surface area (Å²) in [6.07, 6.45) is 2.12. The number of benzene rings is 2. The van der Waals surface area contributed by atoms with Gasteiger partial charge in [0.2, 0.25) is 5.91 Å². The predicted octanol–water partition coefficient (Wildman–Crippen LogP) is 4.57. The van der Waals surface area contributed by atoms with E-state index in [-0.39, 0.29) is 5.91 Å². The molecule has 0 N–H and O–H groups in total. The van der Waals surface area contributed by atoms with Crippen LogP contribution in [0.5, 0.6) is 11.5 Å². The zero-order chi connectivity index (χ0) is 19.6. The average molecular weight is 427 g/mol. The molecule has 150 valence electrons. The van der Waals surface area contributed by atoms with E-state index >= 15 is 0 Å². The Bertz CT molecular complexity index is 1000. The molecule has 2 aromatic carbocycles. The first-order valence-corrected chi connectivity index (χ1v) is 11.7. The number of thiazole rings is 1. The highest BCUT2D eigenvalue weighted by Gasteiger charge is 2.27. The van der Waals surface area contributed by atoms with Gasteiger partial charge in [-0.25, -0.2) is 4.98 Å². The zero-order valence-corrected chi connectivity index (χ0v) is 17.6. The molecule has 1 fully saturated rings. The minimum atomic E-state index is 0.190. The third-order valence-corrected chi connectivity index (χ3v) is 7.49. The molecule has 5 rings (SSSR count). The van der Waals surface area contributed by atoms with Gasteiger partial charge in [-0.3, -0.25) is 4.79 Å². The molecule has 0 spiro atoms. The molecule has 1 atom stereocenters. The summed E-state index contributed by atoms with van der Waals surface area (Å²) in [4.78, 5) is 20.7. The molecule has 3 aromatic rings. The van der Waals surface area contributed by atoms with Crippen LogP contribution in [0, 0.1) is 0 Å². The molecule has 0 bridgehead atoms. The Morgan fingerprint density at radius 1 is 1.17 bits per heavy atom. The Morgan fingerprint density at radius 3 is 2.93 bits per heavy atom. The number of likely N-dealkylation sites (tertiary alicyclic amines) is 1. The van der Waals surface area contributed by atoms with Gasteiger partial charge in [-0.15, -0.1) is 23.1 Å². The van der Waals surface area contributed by atoms with Gasteiger partial charge in [-0.05, 0) is 43.2 Å². The number of hydrogen-bond acceptors (Lipinski definition) is 6. The van der Waals surface area contributed by atoms with Crippen molar-refractivity contribution in [2.75, 3.05) is 32.1 Å². The normalized spacial score (nSPS) is 18.8. The van der Waals surface area contributed by atoms with E-state index in [1.54, 1.807) is 23.1 Å². The highest BCUT2D eigenvalue weighted by atomic mass is 32.2. The number of nitrogens with zero attached hydrogens (tertiary/aromatic N) is 2. The fourth-order valence-corrected chi connectivity index (χ4v) is 5.74. The van der Waals surface area contributed by atoms with E-state index in [4.69, 9.17) is 14.5 Å². The lowest BCUT2D eigenvalue weighted by Gasteiger charge is -2.31. The number of thioether (sulfide) groups is 1. The maximum absolute atomic E-state index is 12.8. The van der Waals surface area contributed by atoms with Gasteiger partial charge in [0.15, 0.2) is 11.5 Å². The van der Waals surface area contributed by atoms with Gasteiger partial charge in [-0.1, -0.05) is 12.1 Å². The second-order valence-corrected chi connectivity index (χ2v) is 9.40. The van der Waals surface area contributed by atoms with Crippen LogP contribution in [-0.4, -0.2) is 47.8 Å². The number of ether oxygens (including phenoxy) is 2. The van der Waals surface area contributed by atoms with Crippen LogP contribution in [0.1, 0.15) is 23.8 Å². The number of amides is 1. The maximum Gasteiger partial charge on any atom is 0.232 e. The zero-order valence-electron chi connectivity index (χ0n) is 16.0. The smallest absolute Gasteiger partial charge is 0.232 e. The topological polar surface area (TPSA) is 51.7 Å². The van der Waals surface area contributed by atoms with Gasteiger partial charge in [0, 0.05) is 23.9 Å². The average Bonchev–Trinajstić information content (AvgIpc) is 3.22. The predicted molar refractivity (Wildman–Crippen MR) is 116 cm³/mol. The Kier molecular flexibility index (Phi) is 5.33. The van der Waals surface area contributed by atoms with Crippen LogP contribution in [-0.2, 0) is 4.79 Å². The van der Waals surface area contributed by atoms with Gasteiger partial charge in [0.25, 0.3) is 0 Å². The van der Waals surface area contributed by atoms with Crippen molar-refractivity contribution in [3.05, 3.63) is 47.5 Å². The van der Waals surface area contributed by atoms with E-state index in [2.05, 4.69) is 18.2 Å². The van der Waals surface area contributed by atoms with Crippen LogP contribution in [0.2, 0.25) is 0 Å². The van der Waals surface area contributed by atoms with Crippen LogP contribution >= 0.6 is 23.1 Å². The van der Waals surface area contributed by atoms with Gasteiger partial charge in [0.1, 0.15) is 13.2 Å². The minimum Gasteiger partial charge on any atom is -0.486 e. The van der Waals surface area contributed by atoms with E-state index in [9.17, 15) is 4.79 Å². The second kappa shape index (κ2) is 8.24. The van der Waals surface area contributed by atoms with Crippen LogP contribution < -0.4 is 9.47 Å². The minimum absolute atomic E-state index is 0.190. The molecule has 1 saturated heterocycles. The lowest BCUT2D eigenvalue weighted by atomic mass is 9.99. The third-order valence-electron chi connectivity index (χ3n) is 5.31. The highest BCUT2D eigenvalue weighted by molar-refractivity contribution is 8.00. The second-order valence-electron chi connectivity index (χ2n) is 7.29. The summed E-state index contributed by atoms with van der Waals surface area (Å²) in [5, 5.41) is 1.16. The Labute approximate surface area is 178 Å². The fraction of sp³-hybridized carbons (Fsp3) is 0.364. The number of carbonyl (C=O) groups excluding carboxylic acids is 1. The molecular formula is C22H22N2O3S2. The molecular weight excluding hydrogens is 404 g/mol. The Balaban J connectivity index is 1.22. The maximum atomic E-state index is 12.8. The molecule has 0 unspecified atom stereocenters. The Hall–Kier alpha value is -2.25. The van der Waals surface area contributed by atoms with E-state index in [0.29, 0.717) is 24.9 Å².